The summed E-state index contributed by atoms with van der Waals surface area (Å²) in [7, 11) is 0. The molecule has 1 unspecified atom stereocenters. The van der Waals surface area contributed by atoms with E-state index in [1.54, 1.807) is 11.3 Å². The van der Waals surface area contributed by atoms with Gasteiger partial charge in [0, 0.05) is 29.5 Å². The highest BCUT2D eigenvalue weighted by Gasteiger charge is 2.26. The maximum Gasteiger partial charge on any atom is 0.223 e. The molecule has 2 heterocycles. The van der Waals surface area contributed by atoms with Crippen LogP contribution >= 0.6 is 11.3 Å². The first kappa shape index (κ1) is 13.4. The number of nitrogens with one attached hydrogen (secondary N) is 2. The molecule has 0 radical (unpaired) electrons. The molecule has 0 aromatic carbocycles. The van der Waals surface area contributed by atoms with Crippen LogP contribution in [0.25, 0.3) is 0 Å². The van der Waals surface area contributed by atoms with Gasteiger partial charge in [-0.05, 0) is 37.6 Å². The number of fused-ring (bicyclic) bond motifs is 1. The van der Waals surface area contributed by atoms with Crippen LogP contribution in [0.5, 0.6) is 0 Å². The van der Waals surface area contributed by atoms with Gasteiger partial charge in [0.25, 0.3) is 0 Å². The Bertz CT molecular complexity index is 588. The Labute approximate surface area is 122 Å². The van der Waals surface area contributed by atoms with Crippen molar-refractivity contribution < 1.29 is 4.79 Å². The molecule has 20 heavy (non-hydrogen) atoms. The fourth-order valence-electron chi connectivity index (χ4n) is 2.76. The van der Waals surface area contributed by atoms with Crippen molar-refractivity contribution in [3.05, 3.63) is 39.6 Å². The van der Waals surface area contributed by atoms with E-state index < -0.39 is 0 Å². The number of hydrogen-bond acceptors (Lipinski definition) is 3. The van der Waals surface area contributed by atoms with E-state index in [-0.39, 0.29) is 11.8 Å². The highest BCUT2D eigenvalue weighted by Crippen LogP contribution is 2.23. The average Bonchev–Trinajstić information content (AvgIpc) is 3.05. The Morgan fingerprint density at radius 2 is 2.50 bits per heavy atom. The number of nitrogens with zero attached hydrogens (tertiary/aromatic N) is 1. The number of aryl methyl sites for hydroxylation is 2. The number of aromatic amines is 1. The molecule has 0 bridgehead atoms. The third kappa shape index (κ3) is 2.93. The second-order valence-electron chi connectivity index (χ2n) is 5.31. The zero-order chi connectivity index (χ0) is 13.9. The van der Waals surface area contributed by atoms with Gasteiger partial charge in [-0.15, -0.1) is 11.3 Å². The molecule has 0 fully saturated rings. The molecular formula is C15H19N3OS. The molecule has 0 aliphatic heterocycles. The molecule has 0 saturated heterocycles. The topological polar surface area (TPSA) is 57.8 Å². The van der Waals surface area contributed by atoms with E-state index in [4.69, 9.17) is 0 Å². The number of carbonyl (C=O) groups excluding carboxylic acids is 1. The summed E-state index contributed by atoms with van der Waals surface area (Å²) in [6.45, 7) is 2.69. The summed E-state index contributed by atoms with van der Waals surface area (Å²) in [5.74, 6) is 1.22. The van der Waals surface area contributed by atoms with Crippen molar-refractivity contribution in [2.75, 3.05) is 6.54 Å². The lowest BCUT2D eigenvalue weighted by molar-refractivity contribution is -0.125. The lowest BCUT2D eigenvalue weighted by atomic mass is 9.89. The van der Waals surface area contributed by atoms with Gasteiger partial charge in [-0.3, -0.25) is 4.79 Å². The average molecular weight is 289 g/mol. The number of thiophene rings is 1. The first-order chi connectivity index (χ1) is 9.72. The third-order valence-corrected chi connectivity index (χ3v) is 4.72. The van der Waals surface area contributed by atoms with Crippen LogP contribution in [0.4, 0.5) is 0 Å². The van der Waals surface area contributed by atoms with Gasteiger partial charge < -0.3 is 10.3 Å². The molecule has 0 spiro atoms. The third-order valence-electron chi connectivity index (χ3n) is 3.78. The second kappa shape index (κ2) is 5.79. The summed E-state index contributed by atoms with van der Waals surface area (Å²) in [4.78, 5) is 21.2. The number of imidazole rings is 1. The Hall–Kier alpha value is -1.62. The van der Waals surface area contributed by atoms with Crippen LogP contribution in [0.15, 0.2) is 17.5 Å². The number of aromatic nitrogens is 2. The molecular weight excluding hydrogens is 270 g/mol. The summed E-state index contributed by atoms with van der Waals surface area (Å²) < 4.78 is 0. The SMILES string of the molecule is Cc1nc2c([nH]1)CC(C(=O)NCCc1cccs1)CC2. The fourth-order valence-corrected chi connectivity index (χ4v) is 3.46. The van der Waals surface area contributed by atoms with Crippen molar-refractivity contribution in [1.82, 2.24) is 15.3 Å². The van der Waals surface area contributed by atoms with Crippen LogP contribution in [-0.4, -0.2) is 22.4 Å². The molecule has 2 aromatic rings. The van der Waals surface area contributed by atoms with E-state index >= 15 is 0 Å². The van der Waals surface area contributed by atoms with Gasteiger partial charge in [-0.2, -0.15) is 0 Å². The standard InChI is InChI=1S/C15H19N3OS/c1-10-17-13-5-4-11(9-14(13)18-10)15(19)16-7-6-12-3-2-8-20-12/h2-3,8,11H,4-7,9H2,1H3,(H,16,19)(H,17,18). The zero-order valence-electron chi connectivity index (χ0n) is 11.6. The first-order valence-electron chi connectivity index (χ1n) is 7.07. The molecule has 5 heteroatoms. The van der Waals surface area contributed by atoms with Crippen molar-refractivity contribution in [3.63, 3.8) is 0 Å². The van der Waals surface area contributed by atoms with Crippen LogP contribution in [0, 0.1) is 12.8 Å². The number of rotatable bonds is 4. The zero-order valence-corrected chi connectivity index (χ0v) is 12.4. The number of hydrogen-bond donors (Lipinski definition) is 2. The van der Waals surface area contributed by atoms with Crippen molar-refractivity contribution in [2.24, 2.45) is 5.92 Å². The predicted octanol–water partition coefficient (Wildman–Crippen LogP) is 2.24. The maximum absolute atomic E-state index is 12.2. The fraction of sp³-hybridized carbons (Fsp3) is 0.467. The van der Waals surface area contributed by atoms with Gasteiger partial charge in [0.05, 0.1) is 5.69 Å². The van der Waals surface area contributed by atoms with E-state index in [1.165, 1.54) is 4.88 Å². The summed E-state index contributed by atoms with van der Waals surface area (Å²) in [5, 5.41) is 5.13. The van der Waals surface area contributed by atoms with Crippen LogP contribution in [-0.2, 0) is 24.1 Å². The van der Waals surface area contributed by atoms with E-state index in [1.807, 2.05) is 13.0 Å². The van der Waals surface area contributed by atoms with Gasteiger partial charge in [-0.1, -0.05) is 6.07 Å². The van der Waals surface area contributed by atoms with Gasteiger partial charge in [-0.25, -0.2) is 4.98 Å². The van der Waals surface area contributed by atoms with E-state index in [0.29, 0.717) is 0 Å². The largest absolute Gasteiger partial charge is 0.355 e. The van der Waals surface area contributed by atoms with Crippen LogP contribution in [0.3, 0.4) is 0 Å². The minimum Gasteiger partial charge on any atom is -0.355 e. The summed E-state index contributed by atoms with van der Waals surface area (Å²) >= 11 is 1.74. The molecule has 106 valence electrons. The Morgan fingerprint density at radius 3 is 3.30 bits per heavy atom. The van der Waals surface area contributed by atoms with Gasteiger partial charge in [0.1, 0.15) is 5.82 Å². The molecule has 1 atom stereocenters. The number of amides is 1. The molecule has 1 aliphatic carbocycles. The quantitative estimate of drug-likeness (QED) is 0.907. The Morgan fingerprint density at radius 1 is 1.60 bits per heavy atom. The Balaban J connectivity index is 1.51. The van der Waals surface area contributed by atoms with E-state index in [9.17, 15) is 4.79 Å². The highest BCUT2D eigenvalue weighted by atomic mass is 32.1. The lowest BCUT2D eigenvalue weighted by Crippen LogP contribution is -2.35. The second-order valence-corrected chi connectivity index (χ2v) is 6.34. The van der Waals surface area contributed by atoms with E-state index in [0.717, 1.165) is 49.4 Å². The van der Waals surface area contributed by atoms with Crippen LogP contribution < -0.4 is 5.32 Å². The summed E-state index contributed by atoms with van der Waals surface area (Å²) in [6.07, 6.45) is 3.52. The summed E-state index contributed by atoms with van der Waals surface area (Å²) in [5.41, 5.74) is 2.29. The number of carbonyl (C=O) groups is 1. The molecule has 3 rings (SSSR count). The van der Waals surface area contributed by atoms with Crippen LogP contribution in [0.1, 0.15) is 28.5 Å². The highest BCUT2D eigenvalue weighted by molar-refractivity contribution is 7.09. The predicted molar refractivity (Wildman–Crippen MR) is 79.9 cm³/mol. The Kier molecular flexibility index (Phi) is 3.87. The maximum atomic E-state index is 12.2. The monoisotopic (exact) mass is 289 g/mol. The lowest BCUT2D eigenvalue weighted by Gasteiger charge is -2.20. The summed E-state index contributed by atoms with van der Waals surface area (Å²) in [6, 6.07) is 4.15. The molecule has 2 aromatic heterocycles. The van der Waals surface area contributed by atoms with Gasteiger partial charge in [0.2, 0.25) is 5.91 Å². The van der Waals surface area contributed by atoms with Gasteiger partial charge in [0.15, 0.2) is 0 Å². The molecule has 2 N–H and O–H groups in total. The molecule has 0 saturated carbocycles. The first-order valence-corrected chi connectivity index (χ1v) is 7.95. The molecule has 4 nitrogen and oxygen atoms in total. The van der Waals surface area contributed by atoms with Crippen molar-refractivity contribution in [2.45, 2.75) is 32.6 Å². The van der Waals surface area contributed by atoms with Crippen LogP contribution in [0.2, 0.25) is 0 Å². The normalized spacial score (nSPS) is 17.8. The minimum atomic E-state index is 0.0886. The van der Waals surface area contributed by atoms with Crippen molar-refractivity contribution in [1.29, 1.82) is 0 Å². The van der Waals surface area contributed by atoms with Crippen molar-refractivity contribution >= 4 is 17.2 Å². The van der Waals surface area contributed by atoms with Crippen molar-refractivity contribution in [3.8, 4) is 0 Å². The molecule has 1 amide bonds. The minimum absolute atomic E-state index is 0.0886. The smallest absolute Gasteiger partial charge is 0.223 e. The van der Waals surface area contributed by atoms with E-state index in [2.05, 4.69) is 26.7 Å². The number of H-pyrrole nitrogens is 1. The molecule has 1 aliphatic rings. The van der Waals surface area contributed by atoms with Gasteiger partial charge >= 0.3 is 0 Å².